The van der Waals surface area contributed by atoms with Crippen LogP contribution in [0.2, 0.25) is 0 Å². The summed E-state index contributed by atoms with van der Waals surface area (Å²) in [5.41, 5.74) is 16.6. The van der Waals surface area contributed by atoms with Crippen LogP contribution in [0.4, 0.5) is 11.5 Å². The highest BCUT2D eigenvalue weighted by Gasteiger charge is 2.22. The van der Waals surface area contributed by atoms with Crippen LogP contribution in [0.5, 0.6) is 0 Å². The lowest BCUT2D eigenvalue weighted by molar-refractivity contribution is -0.149. The molecule has 5 aromatic rings. The highest BCUT2D eigenvalue weighted by atomic mass is 16.6. The zero-order valence-corrected chi connectivity index (χ0v) is 28.9. The number of hydrogen-bond donors (Lipinski definition) is 3. The van der Waals surface area contributed by atoms with Gasteiger partial charge >= 0.3 is 11.9 Å². The Kier molecular flexibility index (Phi) is 12.1. The van der Waals surface area contributed by atoms with Crippen molar-refractivity contribution >= 4 is 46.2 Å². The van der Waals surface area contributed by atoms with Crippen molar-refractivity contribution in [3.63, 3.8) is 0 Å². The number of nitrogens with zero attached hydrogens (tertiary/aromatic N) is 5. The molecule has 0 spiro atoms. The van der Waals surface area contributed by atoms with Gasteiger partial charge in [0.05, 0.1) is 30.6 Å². The van der Waals surface area contributed by atoms with Gasteiger partial charge in [0.25, 0.3) is 5.91 Å². The van der Waals surface area contributed by atoms with Gasteiger partial charge in [0.1, 0.15) is 23.5 Å². The van der Waals surface area contributed by atoms with Crippen molar-refractivity contribution in [1.82, 2.24) is 14.5 Å². The molecule has 0 aliphatic heterocycles. The molecule has 3 aromatic carbocycles. The summed E-state index contributed by atoms with van der Waals surface area (Å²) in [4.78, 5) is 53.1. The fraction of sp³-hybridized carbons (Fsp3) is 0.263. The summed E-state index contributed by atoms with van der Waals surface area (Å²) in [7, 11) is 1.91. The zero-order chi connectivity index (χ0) is 36.3. The molecule has 2 atom stereocenters. The number of hydrogen-bond acceptors (Lipinski definition) is 10. The number of amides is 1. The molecule has 13 nitrogen and oxygen atoms in total. The molecule has 0 saturated carbocycles. The number of pyridine rings is 1. The third kappa shape index (κ3) is 9.55. The monoisotopic (exact) mass is 690 g/mol. The second kappa shape index (κ2) is 17.0. The SMILES string of the molecule is CCOC(=O)CCN(C(=O)c1ccc2c(c1)nc(CNc1ccc(/C(N)=N/C(C)OC(=O)C(N)Cc3ccccc3)cc1)n2C)c1ccccn1. The smallest absolute Gasteiger partial charge is 0.325 e. The predicted octanol–water partition coefficient (Wildman–Crippen LogP) is 4.34. The van der Waals surface area contributed by atoms with Gasteiger partial charge in [0.2, 0.25) is 0 Å². The van der Waals surface area contributed by atoms with Crippen molar-refractivity contribution < 1.29 is 23.9 Å². The number of aryl methyl sites for hydroxylation is 1. The van der Waals surface area contributed by atoms with Gasteiger partial charge in [-0.15, -0.1) is 0 Å². The number of amidine groups is 1. The number of ether oxygens (including phenoxy) is 2. The maximum atomic E-state index is 13.7. The normalized spacial score (nSPS) is 12.6. The standard InChI is InChI=1S/C38H42N8O5/c1-4-50-35(47)19-21-46(33-12-8-9-20-41-33)37(48)28-15-18-32-31(23-28)44-34(45(32)3)24-42-29-16-13-27(14-17-29)36(40)43-25(2)51-38(49)30(39)22-26-10-6-5-7-11-26/h5-18,20,23,25,30,42H,4,19,21-22,24,39H2,1-3H3,(H2,40,43). The summed E-state index contributed by atoms with van der Waals surface area (Å²) < 4.78 is 12.4. The summed E-state index contributed by atoms with van der Waals surface area (Å²) in [5, 5.41) is 3.37. The molecular weight excluding hydrogens is 648 g/mol. The first kappa shape index (κ1) is 36.2. The van der Waals surface area contributed by atoms with Gasteiger partial charge < -0.3 is 30.8 Å². The summed E-state index contributed by atoms with van der Waals surface area (Å²) in [6.07, 6.45) is 1.19. The fourth-order valence-corrected chi connectivity index (χ4v) is 5.41. The number of benzene rings is 3. The second-order valence-electron chi connectivity index (χ2n) is 11.8. The van der Waals surface area contributed by atoms with Crippen LogP contribution in [0, 0.1) is 0 Å². The molecule has 1 amide bonds. The minimum atomic E-state index is -0.812. The molecule has 2 aromatic heterocycles. The summed E-state index contributed by atoms with van der Waals surface area (Å²) >= 11 is 0. The molecule has 0 bridgehead atoms. The Labute approximate surface area is 296 Å². The van der Waals surface area contributed by atoms with E-state index >= 15 is 0 Å². The molecule has 2 heterocycles. The van der Waals surface area contributed by atoms with Crippen molar-refractivity contribution in [2.24, 2.45) is 23.5 Å². The van der Waals surface area contributed by atoms with E-state index in [1.807, 2.05) is 72.3 Å². The van der Waals surface area contributed by atoms with Gasteiger partial charge in [-0.25, -0.2) is 15.0 Å². The number of nitrogens with two attached hydrogens (primary N) is 2. The minimum Gasteiger partial charge on any atom is -0.466 e. The fourth-order valence-electron chi connectivity index (χ4n) is 5.41. The van der Waals surface area contributed by atoms with E-state index in [0.29, 0.717) is 35.4 Å². The lowest BCUT2D eigenvalue weighted by Crippen LogP contribution is -2.36. The van der Waals surface area contributed by atoms with Crippen LogP contribution < -0.4 is 21.7 Å². The molecule has 51 heavy (non-hydrogen) atoms. The summed E-state index contributed by atoms with van der Waals surface area (Å²) in [5.74, 6) is 0.181. The van der Waals surface area contributed by atoms with E-state index in [4.69, 9.17) is 25.9 Å². The quantitative estimate of drug-likeness (QED) is 0.0812. The average Bonchev–Trinajstić information content (AvgIpc) is 3.45. The Morgan fingerprint density at radius 3 is 2.41 bits per heavy atom. The van der Waals surface area contributed by atoms with E-state index in [1.54, 1.807) is 50.4 Å². The van der Waals surface area contributed by atoms with E-state index in [2.05, 4.69) is 15.3 Å². The average molecular weight is 691 g/mol. The molecule has 13 heteroatoms. The van der Waals surface area contributed by atoms with Crippen LogP contribution in [-0.2, 0) is 39.1 Å². The number of anilines is 2. The molecule has 0 radical (unpaired) electrons. The third-order valence-corrected chi connectivity index (χ3v) is 8.08. The number of imidazole rings is 1. The maximum absolute atomic E-state index is 13.7. The number of carbonyl (C=O) groups is 3. The molecule has 5 N–H and O–H groups in total. The molecule has 0 saturated heterocycles. The minimum absolute atomic E-state index is 0.0392. The molecule has 0 aliphatic carbocycles. The number of aromatic nitrogens is 3. The predicted molar refractivity (Wildman–Crippen MR) is 196 cm³/mol. The van der Waals surface area contributed by atoms with Crippen LogP contribution in [-0.4, -0.2) is 63.6 Å². The van der Waals surface area contributed by atoms with Crippen molar-refractivity contribution in [3.05, 3.63) is 120 Å². The maximum Gasteiger partial charge on any atom is 0.325 e. The van der Waals surface area contributed by atoms with Crippen LogP contribution in [0.15, 0.2) is 102 Å². The summed E-state index contributed by atoms with van der Waals surface area (Å²) in [6, 6.07) is 26.7. The third-order valence-electron chi connectivity index (χ3n) is 8.08. The van der Waals surface area contributed by atoms with Crippen LogP contribution >= 0.6 is 0 Å². The van der Waals surface area contributed by atoms with Gasteiger partial charge in [-0.2, -0.15) is 0 Å². The number of esters is 2. The molecule has 0 fully saturated rings. The Morgan fingerprint density at radius 2 is 1.71 bits per heavy atom. The number of carbonyl (C=O) groups excluding carboxylic acids is 3. The van der Waals surface area contributed by atoms with Crippen LogP contribution in [0.1, 0.15) is 47.6 Å². The number of aliphatic imine (C=N–C) groups is 1. The van der Waals surface area contributed by atoms with Crippen molar-refractivity contribution in [2.75, 3.05) is 23.4 Å². The van der Waals surface area contributed by atoms with E-state index in [9.17, 15) is 14.4 Å². The van der Waals surface area contributed by atoms with Gasteiger partial charge in [-0.3, -0.25) is 19.3 Å². The first-order chi connectivity index (χ1) is 24.6. The molecular formula is C38H42N8O5. The Bertz CT molecular complexity index is 1980. The van der Waals surface area contributed by atoms with Crippen LogP contribution in [0.25, 0.3) is 11.0 Å². The van der Waals surface area contributed by atoms with Gasteiger partial charge in [-0.1, -0.05) is 36.4 Å². The lowest BCUT2D eigenvalue weighted by atomic mass is 10.1. The lowest BCUT2D eigenvalue weighted by Gasteiger charge is -2.21. The van der Waals surface area contributed by atoms with Crippen molar-refractivity contribution in [1.29, 1.82) is 0 Å². The van der Waals surface area contributed by atoms with E-state index in [0.717, 1.165) is 22.6 Å². The van der Waals surface area contributed by atoms with Gasteiger partial charge in [0, 0.05) is 36.6 Å². The molecule has 5 rings (SSSR count). The van der Waals surface area contributed by atoms with E-state index < -0.39 is 18.2 Å². The zero-order valence-electron chi connectivity index (χ0n) is 28.9. The summed E-state index contributed by atoms with van der Waals surface area (Å²) in [6.45, 7) is 4.17. The van der Waals surface area contributed by atoms with Gasteiger partial charge in [0.15, 0.2) is 6.23 Å². The Morgan fingerprint density at radius 1 is 0.980 bits per heavy atom. The molecule has 0 aliphatic rings. The van der Waals surface area contributed by atoms with Crippen molar-refractivity contribution in [3.8, 4) is 0 Å². The number of rotatable bonds is 15. The second-order valence-corrected chi connectivity index (χ2v) is 11.8. The first-order valence-corrected chi connectivity index (χ1v) is 16.6. The first-order valence-electron chi connectivity index (χ1n) is 16.6. The van der Waals surface area contributed by atoms with Crippen molar-refractivity contribution in [2.45, 2.75) is 45.5 Å². The highest BCUT2D eigenvalue weighted by Crippen LogP contribution is 2.21. The Hall–Kier alpha value is -6.08. The molecule has 2 unspecified atom stereocenters. The largest absolute Gasteiger partial charge is 0.466 e. The number of nitrogens with one attached hydrogen (secondary N) is 1. The van der Waals surface area contributed by atoms with Gasteiger partial charge in [-0.05, 0) is 80.4 Å². The van der Waals surface area contributed by atoms with E-state index in [-0.39, 0.29) is 37.3 Å². The highest BCUT2D eigenvalue weighted by molar-refractivity contribution is 6.07. The Balaban J connectivity index is 1.20. The number of fused-ring (bicyclic) bond motifs is 1. The van der Waals surface area contributed by atoms with Crippen LogP contribution in [0.3, 0.4) is 0 Å². The molecule has 264 valence electrons. The van der Waals surface area contributed by atoms with E-state index in [1.165, 1.54) is 4.90 Å². The topological polar surface area (TPSA) is 180 Å².